The maximum Gasteiger partial charge on any atom is 0.245 e. The molecule has 2 aromatic rings. The highest BCUT2D eigenvalue weighted by atomic mass is 16.5. The van der Waals surface area contributed by atoms with E-state index in [4.69, 9.17) is 4.74 Å². The fourth-order valence-corrected chi connectivity index (χ4v) is 6.28. The van der Waals surface area contributed by atoms with Gasteiger partial charge in [-0.15, -0.1) is 0 Å². The van der Waals surface area contributed by atoms with Gasteiger partial charge < -0.3 is 25.6 Å². The zero-order valence-electron chi connectivity index (χ0n) is 22.0. The Bertz CT molecular complexity index is 1070. The highest BCUT2D eigenvalue weighted by molar-refractivity contribution is 5.90. The zero-order valence-corrected chi connectivity index (χ0v) is 22.0. The summed E-state index contributed by atoms with van der Waals surface area (Å²) in [6.45, 7) is 3.21. The summed E-state index contributed by atoms with van der Waals surface area (Å²) in [5.41, 5.74) is 2.16. The average molecular weight is 505 g/mol. The summed E-state index contributed by atoms with van der Waals surface area (Å²) < 4.78 is 6.66. The van der Waals surface area contributed by atoms with Crippen molar-refractivity contribution in [1.29, 1.82) is 0 Å². The number of para-hydroxylation sites is 1. The Kier molecular flexibility index (Phi) is 8.11. The fraction of sp³-hybridized carbons (Fsp3) is 0.533. The molecule has 7 nitrogen and oxygen atoms in total. The molecule has 2 saturated heterocycles. The van der Waals surface area contributed by atoms with E-state index in [9.17, 15) is 9.59 Å². The van der Waals surface area contributed by atoms with Crippen molar-refractivity contribution in [3.63, 3.8) is 0 Å². The number of nitrogens with zero attached hydrogens (tertiary/aromatic N) is 1. The number of likely N-dealkylation sites (N-methyl/N-ethyl adjacent to an activating group) is 1. The van der Waals surface area contributed by atoms with E-state index in [0.29, 0.717) is 13.1 Å². The zero-order chi connectivity index (χ0) is 25.8. The molecule has 5 atom stereocenters. The van der Waals surface area contributed by atoms with Crippen molar-refractivity contribution in [1.82, 2.24) is 20.9 Å². The highest BCUT2D eigenvalue weighted by Gasteiger charge is 2.49. The molecule has 2 aromatic carbocycles. The monoisotopic (exact) mass is 504 g/mol. The van der Waals surface area contributed by atoms with Crippen LogP contribution in [0.25, 0.3) is 11.1 Å². The highest BCUT2D eigenvalue weighted by Crippen LogP contribution is 2.35. The van der Waals surface area contributed by atoms with Crippen LogP contribution < -0.4 is 20.7 Å². The Labute approximate surface area is 220 Å². The van der Waals surface area contributed by atoms with Gasteiger partial charge in [-0.05, 0) is 50.8 Å². The van der Waals surface area contributed by atoms with Crippen LogP contribution in [0.5, 0.6) is 5.75 Å². The molecule has 7 heteroatoms. The first kappa shape index (κ1) is 25.7. The number of carbonyl (C=O) groups is 2. The average Bonchev–Trinajstić information content (AvgIpc) is 3.55. The number of hydrogen-bond donors (Lipinski definition) is 3. The maximum atomic E-state index is 14.1. The van der Waals surface area contributed by atoms with Crippen molar-refractivity contribution in [3.05, 3.63) is 54.6 Å². The number of carbonyl (C=O) groups excluding carboxylic acids is 2. The molecule has 3 fully saturated rings. The molecule has 0 bridgehead atoms. The molecule has 0 radical (unpaired) electrons. The van der Waals surface area contributed by atoms with E-state index in [1.165, 1.54) is 6.42 Å². The number of likely N-dealkylation sites (tertiary alicyclic amines) is 1. The SMILES string of the molecule is CNC(C)C(=O)NC(C(=O)N1CCC2NCC(Oc3ccccc3-c3ccccc3)C21)C1CCCCC1. The number of nitrogens with one attached hydrogen (secondary N) is 3. The molecule has 0 spiro atoms. The standard InChI is InChI=1S/C30H40N4O3/c1-20(31-2)29(35)33-27(22-13-7-4-8-14-22)30(36)34-18-17-24-28(34)26(19-32-24)37-25-16-10-9-15-23(25)21-11-5-3-6-12-21/h3,5-6,9-12,15-16,20,22,24,26-28,31-32H,4,7-8,13-14,17-19H2,1-2H3,(H,33,35). The summed E-state index contributed by atoms with van der Waals surface area (Å²) in [5, 5.41) is 9.74. The van der Waals surface area contributed by atoms with Gasteiger partial charge in [0.25, 0.3) is 0 Å². The summed E-state index contributed by atoms with van der Waals surface area (Å²) in [7, 11) is 1.77. The molecule has 2 heterocycles. The summed E-state index contributed by atoms with van der Waals surface area (Å²) in [6.07, 6.45) is 6.13. The van der Waals surface area contributed by atoms with Crippen LogP contribution in [-0.2, 0) is 9.59 Å². The maximum absolute atomic E-state index is 14.1. The molecule has 198 valence electrons. The third kappa shape index (κ3) is 5.53. The molecule has 5 rings (SSSR count). The van der Waals surface area contributed by atoms with E-state index < -0.39 is 6.04 Å². The van der Waals surface area contributed by atoms with Crippen molar-refractivity contribution in [3.8, 4) is 16.9 Å². The van der Waals surface area contributed by atoms with Crippen LogP contribution in [0.2, 0.25) is 0 Å². The Morgan fingerprint density at radius 1 is 1.00 bits per heavy atom. The van der Waals surface area contributed by atoms with Crippen LogP contribution in [-0.4, -0.2) is 67.1 Å². The molecular formula is C30H40N4O3. The second kappa shape index (κ2) is 11.7. The van der Waals surface area contributed by atoms with Crippen molar-refractivity contribution < 1.29 is 14.3 Å². The van der Waals surface area contributed by atoms with Crippen molar-refractivity contribution in [2.45, 2.75) is 75.7 Å². The van der Waals surface area contributed by atoms with Crippen LogP contribution in [0.3, 0.4) is 0 Å². The Balaban J connectivity index is 1.37. The van der Waals surface area contributed by atoms with Crippen molar-refractivity contribution in [2.24, 2.45) is 5.92 Å². The van der Waals surface area contributed by atoms with Gasteiger partial charge in [-0.2, -0.15) is 0 Å². The van der Waals surface area contributed by atoms with Gasteiger partial charge in [0.2, 0.25) is 11.8 Å². The van der Waals surface area contributed by atoms with Crippen molar-refractivity contribution >= 4 is 11.8 Å². The second-order valence-corrected chi connectivity index (χ2v) is 10.7. The Morgan fingerprint density at radius 2 is 1.73 bits per heavy atom. The number of amides is 2. The molecule has 1 aliphatic carbocycles. The van der Waals surface area contributed by atoms with Gasteiger partial charge >= 0.3 is 0 Å². The number of fused-ring (bicyclic) bond motifs is 1. The second-order valence-electron chi connectivity index (χ2n) is 10.7. The van der Waals surface area contributed by atoms with Crippen LogP contribution in [0.4, 0.5) is 0 Å². The minimum absolute atomic E-state index is 0.0460. The van der Waals surface area contributed by atoms with Crippen LogP contribution in [0, 0.1) is 5.92 Å². The smallest absolute Gasteiger partial charge is 0.245 e. The van der Waals surface area contributed by atoms with Gasteiger partial charge in [-0.1, -0.05) is 67.8 Å². The van der Waals surface area contributed by atoms with E-state index >= 15 is 0 Å². The minimum Gasteiger partial charge on any atom is -0.486 e. The van der Waals surface area contributed by atoms with Gasteiger partial charge in [0.15, 0.2) is 0 Å². The molecule has 37 heavy (non-hydrogen) atoms. The molecule has 5 unspecified atom stereocenters. The molecule has 3 aliphatic rings. The molecule has 1 saturated carbocycles. The van der Waals surface area contributed by atoms with Crippen LogP contribution in [0.15, 0.2) is 54.6 Å². The van der Waals surface area contributed by atoms with E-state index in [2.05, 4.69) is 34.1 Å². The van der Waals surface area contributed by atoms with Gasteiger partial charge in [-0.25, -0.2) is 0 Å². The predicted octanol–water partition coefficient (Wildman–Crippen LogP) is 3.35. The lowest BCUT2D eigenvalue weighted by molar-refractivity contribution is -0.140. The van der Waals surface area contributed by atoms with E-state index in [1.54, 1.807) is 7.05 Å². The third-order valence-electron chi connectivity index (χ3n) is 8.46. The van der Waals surface area contributed by atoms with E-state index in [1.807, 2.05) is 48.2 Å². The first-order valence-corrected chi connectivity index (χ1v) is 13.9. The fourth-order valence-electron chi connectivity index (χ4n) is 6.28. The lowest BCUT2D eigenvalue weighted by Crippen LogP contribution is -2.58. The summed E-state index contributed by atoms with van der Waals surface area (Å²) in [6, 6.07) is 17.7. The van der Waals surface area contributed by atoms with E-state index in [0.717, 1.165) is 49.0 Å². The van der Waals surface area contributed by atoms with Crippen LogP contribution in [0.1, 0.15) is 45.4 Å². The Hall–Kier alpha value is -2.90. The summed E-state index contributed by atoms with van der Waals surface area (Å²) in [5.74, 6) is 0.947. The molecule has 2 amide bonds. The lowest BCUT2D eigenvalue weighted by Gasteiger charge is -2.36. The van der Waals surface area contributed by atoms with Crippen LogP contribution >= 0.6 is 0 Å². The lowest BCUT2D eigenvalue weighted by atomic mass is 9.83. The summed E-state index contributed by atoms with van der Waals surface area (Å²) in [4.78, 5) is 29.0. The number of ether oxygens (including phenoxy) is 1. The normalized spacial score (nSPS) is 25.4. The number of rotatable bonds is 8. The number of hydrogen-bond acceptors (Lipinski definition) is 5. The largest absolute Gasteiger partial charge is 0.486 e. The molecular weight excluding hydrogens is 464 g/mol. The molecule has 2 aliphatic heterocycles. The quantitative estimate of drug-likeness (QED) is 0.514. The van der Waals surface area contributed by atoms with Gasteiger partial charge in [0.05, 0.1) is 12.1 Å². The molecule has 3 N–H and O–H groups in total. The first-order chi connectivity index (χ1) is 18.1. The molecule has 0 aromatic heterocycles. The van der Waals surface area contributed by atoms with Gasteiger partial charge in [0.1, 0.15) is 17.9 Å². The Morgan fingerprint density at radius 3 is 2.49 bits per heavy atom. The summed E-state index contributed by atoms with van der Waals surface area (Å²) >= 11 is 0. The number of benzene rings is 2. The topological polar surface area (TPSA) is 82.7 Å². The van der Waals surface area contributed by atoms with E-state index in [-0.39, 0.29) is 42.0 Å². The van der Waals surface area contributed by atoms with Gasteiger partial charge in [-0.3, -0.25) is 9.59 Å². The van der Waals surface area contributed by atoms with Crippen molar-refractivity contribution in [2.75, 3.05) is 20.1 Å². The van der Waals surface area contributed by atoms with Gasteiger partial charge in [0, 0.05) is 24.7 Å². The minimum atomic E-state index is -0.486. The third-order valence-corrected chi connectivity index (χ3v) is 8.46. The predicted molar refractivity (Wildman–Crippen MR) is 145 cm³/mol. The first-order valence-electron chi connectivity index (χ1n) is 13.9.